The first-order valence-corrected chi connectivity index (χ1v) is 4.26. The van der Waals surface area contributed by atoms with Crippen molar-refractivity contribution in [1.82, 2.24) is 0 Å². The highest BCUT2D eigenvalue weighted by molar-refractivity contribution is 5.87. The summed E-state index contributed by atoms with van der Waals surface area (Å²) < 4.78 is 7.83. The molecule has 0 aliphatic carbocycles. The normalized spacial score (nSPS) is 13.8. The van der Waals surface area contributed by atoms with Crippen LogP contribution in [0.3, 0.4) is 0 Å². The van der Waals surface area contributed by atoms with Crippen molar-refractivity contribution in [3.8, 4) is 0 Å². The standard InChI is InChI=1S/C8H12O8/c1-4(10)15-8(14)16-7(13)2-5(11)6(12)3-9/h5-6,9,11-12H,2-3H2,1H3. The van der Waals surface area contributed by atoms with Crippen molar-refractivity contribution in [3.63, 3.8) is 0 Å². The van der Waals surface area contributed by atoms with Gasteiger partial charge < -0.3 is 24.8 Å². The molecule has 0 saturated heterocycles. The van der Waals surface area contributed by atoms with Crippen LogP contribution in [-0.2, 0) is 19.1 Å². The van der Waals surface area contributed by atoms with Crippen molar-refractivity contribution in [2.75, 3.05) is 6.61 Å². The van der Waals surface area contributed by atoms with Crippen LogP contribution in [0.25, 0.3) is 0 Å². The topological polar surface area (TPSA) is 130 Å². The van der Waals surface area contributed by atoms with Gasteiger partial charge in [0.05, 0.1) is 19.1 Å². The monoisotopic (exact) mass is 236 g/mol. The first-order chi connectivity index (χ1) is 7.36. The van der Waals surface area contributed by atoms with Gasteiger partial charge in [-0.1, -0.05) is 0 Å². The van der Waals surface area contributed by atoms with Gasteiger partial charge in [0.2, 0.25) is 0 Å². The lowest BCUT2D eigenvalue weighted by atomic mass is 10.1. The Bertz CT molecular complexity index is 273. The molecule has 0 bridgehead atoms. The minimum Gasteiger partial charge on any atom is -0.394 e. The maximum Gasteiger partial charge on any atom is 0.524 e. The van der Waals surface area contributed by atoms with E-state index in [1.165, 1.54) is 0 Å². The molecular formula is C8H12O8. The van der Waals surface area contributed by atoms with E-state index in [-0.39, 0.29) is 0 Å². The quantitative estimate of drug-likeness (QED) is 0.389. The Balaban J connectivity index is 3.99. The summed E-state index contributed by atoms with van der Waals surface area (Å²) in [6.07, 6.45) is -5.31. The number of esters is 2. The summed E-state index contributed by atoms with van der Waals surface area (Å²) in [7, 11) is 0. The maximum absolute atomic E-state index is 10.9. The first kappa shape index (κ1) is 14.5. The molecule has 0 rings (SSSR count). The van der Waals surface area contributed by atoms with E-state index >= 15 is 0 Å². The highest BCUT2D eigenvalue weighted by Crippen LogP contribution is 2.01. The van der Waals surface area contributed by atoms with Crippen molar-refractivity contribution in [2.45, 2.75) is 25.6 Å². The van der Waals surface area contributed by atoms with Gasteiger partial charge in [-0.25, -0.2) is 4.79 Å². The molecule has 0 fully saturated rings. The Hall–Kier alpha value is -1.51. The third-order valence-corrected chi connectivity index (χ3v) is 1.43. The lowest BCUT2D eigenvalue weighted by Crippen LogP contribution is -2.32. The number of rotatable bonds is 4. The molecule has 0 spiro atoms. The van der Waals surface area contributed by atoms with Crippen LogP contribution in [0.15, 0.2) is 0 Å². The number of carbonyl (C=O) groups excluding carboxylic acids is 3. The molecule has 0 amide bonds. The van der Waals surface area contributed by atoms with Gasteiger partial charge >= 0.3 is 18.1 Å². The Morgan fingerprint density at radius 3 is 2.12 bits per heavy atom. The zero-order chi connectivity index (χ0) is 12.7. The third kappa shape index (κ3) is 6.06. The second kappa shape index (κ2) is 6.88. The number of hydrogen-bond donors (Lipinski definition) is 3. The van der Waals surface area contributed by atoms with Gasteiger partial charge in [-0.2, -0.15) is 0 Å². The lowest BCUT2D eigenvalue weighted by Gasteiger charge is -2.13. The summed E-state index contributed by atoms with van der Waals surface area (Å²) in [5.74, 6) is -2.14. The van der Waals surface area contributed by atoms with Crippen LogP contribution >= 0.6 is 0 Å². The predicted octanol–water partition coefficient (Wildman–Crippen LogP) is -1.68. The molecule has 0 aromatic carbocycles. The van der Waals surface area contributed by atoms with E-state index in [0.717, 1.165) is 6.92 Å². The van der Waals surface area contributed by atoms with Crippen LogP contribution in [-0.4, -0.2) is 52.2 Å². The first-order valence-electron chi connectivity index (χ1n) is 4.26. The van der Waals surface area contributed by atoms with Crippen molar-refractivity contribution in [1.29, 1.82) is 0 Å². The second-order valence-corrected chi connectivity index (χ2v) is 2.84. The Labute approximate surface area is 90.4 Å². The van der Waals surface area contributed by atoms with Crippen LogP contribution in [0.4, 0.5) is 4.79 Å². The van der Waals surface area contributed by atoms with Gasteiger partial charge in [-0.3, -0.25) is 9.59 Å². The van der Waals surface area contributed by atoms with Gasteiger partial charge in [0.25, 0.3) is 0 Å². The molecule has 0 radical (unpaired) electrons. The molecule has 2 atom stereocenters. The van der Waals surface area contributed by atoms with Gasteiger partial charge in [0.1, 0.15) is 6.10 Å². The summed E-state index contributed by atoms with van der Waals surface area (Å²) in [6.45, 7) is 0.197. The fourth-order valence-electron chi connectivity index (χ4n) is 0.701. The predicted molar refractivity (Wildman–Crippen MR) is 47.0 cm³/mol. The van der Waals surface area contributed by atoms with Gasteiger partial charge in [0, 0.05) is 6.92 Å². The number of ether oxygens (including phenoxy) is 2. The van der Waals surface area contributed by atoms with Crippen molar-refractivity contribution < 1.29 is 39.2 Å². The zero-order valence-corrected chi connectivity index (χ0v) is 8.45. The molecule has 3 N–H and O–H groups in total. The van der Waals surface area contributed by atoms with Gasteiger partial charge in [0.15, 0.2) is 0 Å². The Morgan fingerprint density at radius 2 is 1.69 bits per heavy atom. The van der Waals surface area contributed by atoms with Crippen LogP contribution < -0.4 is 0 Å². The number of aliphatic hydroxyl groups excluding tert-OH is 3. The summed E-state index contributed by atoms with van der Waals surface area (Å²) >= 11 is 0. The largest absolute Gasteiger partial charge is 0.524 e. The maximum atomic E-state index is 10.9. The summed E-state index contributed by atoms with van der Waals surface area (Å²) in [5, 5.41) is 26.4. The molecular weight excluding hydrogens is 224 g/mol. The summed E-state index contributed by atoms with van der Waals surface area (Å²) in [5.41, 5.74) is 0. The lowest BCUT2D eigenvalue weighted by molar-refractivity contribution is -0.147. The summed E-state index contributed by atoms with van der Waals surface area (Å²) in [4.78, 5) is 31.7. The highest BCUT2D eigenvalue weighted by Gasteiger charge is 2.22. The molecule has 8 nitrogen and oxygen atoms in total. The van der Waals surface area contributed by atoms with E-state index in [0.29, 0.717) is 0 Å². The SMILES string of the molecule is CC(=O)OC(=O)OC(=O)CC(O)C(O)CO. The van der Waals surface area contributed by atoms with E-state index in [2.05, 4.69) is 9.47 Å². The average molecular weight is 236 g/mol. The second-order valence-electron chi connectivity index (χ2n) is 2.84. The number of aliphatic hydroxyl groups is 3. The van der Waals surface area contributed by atoms with E-state index < -0.39 is 43.3 Å². The molecule has 92 valence electrons. The molecule has 2 unspecified atom stereocenters. The smallest absolute Gasteiger partial charge is 0.394 e. The fraction of sp³-hybridized carbons (Fsp3) is 0.625. The number of hydrogen-bond acceptors (Lipinski definition) is 8. The molecule has 0 aliphatic rings. The zero-order valence-electron chi connectivity index (χ0n) is 8.45. The molecule has 0 aromatic heterocycles. The molecule has 0 aromatic rings. The van der Waals surface area contributed by atoms with Crippen molar-refractivity contribution in [3.05, 3.63) is 0 Å². The Kier molecular flexibility index (Phi) is 6.23. The molecule has 0 aliphatic heterocycles. The summed E-state index contributed by atoms with van der Waals surface area (Å²) in [6, 6.07) is 0. The van der Waals surface area contributed by atoms with Crippen LogP contribution in [0, 0.1) is 0 Å². The highest BCUT2D eigenvalue weighted by atomic mass is 16.8. The van der Waals surface area contributed by atoms with Crippen molar-refractivity contribution >= 4 is 18.1 Å². The van der Waals surface area contributed by atoms with E-state index in [1.54, 1.807) is 0 Å². The molecule has 0 saturated carbocycles. The van der Waals surface area contributed by atoms with Gasteiger partial charge in [-0.15, -0.1) is 0 Å². The van der Waals surface area contributed by atoms with Gasteiger partial charge in [-0.05, 0) is 0 Å². The molecule has 16 heavy (non-hydrogen) atoms. The fourth-order valence-corrected chi connectivity index (χ4v) is 0.701. The van der Waals surface area contributed by atoms with E-state index in [9.17, 15) is 14.4 Å². The number of carbonyl (C=O) groups is 3. The van der Waals surface area contributed by atoms with Crippen LogP contribution in [0.2, 0.25) is 0 Å². The molecule has 0 heterocycles. The van der Waals surface area contributed by atoms with E-state index in [4.69, 9.17) is 15.3 Å². The third-order valence-electron chi connectivity index (χ3n) is 1.43. The van der Waals surface area contributed by atoms with Crippen LogP contribution in [0.5, 0.6) is 0 Å². The minimum absolute atomic E-state index is 0.714. The van der Waals surface area contributed by atoms with Crippen LogP contribution in [0.1, 0.15) is 13.3 Å². The minimum atomic E-state index is -1.57. The Morgan fingerprint density at radius 1 is 1.12 bits per heavy atom. The average Bonchev–Trinajstić information content (AvgIpc) is 2.14. The van der Waals surface area contributed by atoms with Crippen molar-refractivity contribution in [2.24, 2.45) is 0 Å². The van der Waals surface area contributed by atoms with E-state index in [1.807, 2.05) is 0 Å². The molecule has 8 heteroatoms.